The highest BCUT2D eigenvalue weighted by molar-refractivity contribution is 5.90. The Morgan fingerprint density at radius 3 is 2.85 bits per heavy atom. The van der Waals surface area contributed by atoms with Gasteiger partial charge in [-0.15, -0.1) is 5.10 Å². The molecule has 2 N–H and O–H groups in total. The molecule has 0 saturated carbocycles. The molecule has 2 amide bonds. The number of nitrogens with zero attached hydrogens (tertiary/aromatic N) is 5. The highest BCUT2D eigenvalue weighted by Gasteiger charge is 2.41. The number of hydrogen-bond acceptors (Lipinski definition) is 7. The molecule has 10 nitrogen and oxygen atoms in total. The number of aryl methyl sites for hydroxylation is 1. The fourth-order valence-corrected chi connectivity index (χ4v) is 3.06. The van der Waals surface area contributed by atoms with Gasteiger partial charge in [0, 0.05) is 31.7 Å². The van der Waals surface area contributed by atoms with Crippen molar-refractivity contribution >= 4 is 11.7 Å². The third-order valence-corrected chi connectivity index (χ3v) is 4.43. The topological polar surface area (TPSA) is 120 Å². The van der Waals surface area contributed by atoms with E-state index < -0.39 is 5.54 Å². The Balaban J connectivity index is 1.51. The van der Waals surface area contributed by atoms with Gasteiger partial charge in [0.1, 0.15) is 5.54 Å². The van der Waals surface area contributed by atoms with Crippen LogP contribution in [0.4, 0.5) is 10.5 Å². The first-order chi connectivity index (χ1) is 13.1. The van der Waals surface area contributed by atoms with Gasteiger partial charge in [-0.3, -0.25) is 0 Å². The van der Waals surface area contributed by atoms with Crippen molar-refractivity contribution in [2.24, 2.45) is 0 Å². The maximum Gasteiger partial charge on any atom is 0.320 e. The minimum absolute atomic E-state index is 0.358. The van der Waals surface area contributed by atoms with Gasteiger partial charge in [0.25, 0.3) is 5.89 Å². The Kier molecular flexibility index (Phi) is 4.55. The van der Waals surface area contributed by atoms with Gasteiger partial charge in [0.15, 0.2) is 5.82 Å². The van der Waals surface area contributed by atoms with Crippen molar-refractivity contribution < 1.29 is 14.1 Å². The van der Waals surface area contributed by atoms with E-state index in [1.165, 1.54) is 0 Å². The lowest BCUT2D eigenvalue weighted by atomic mass is 9.90. The smallest absolute Gasteiger partial charge is 0.320 e. The van der Waals surface area contributed by atoms with Crippen molar-refractivity contribution in [1.82, 2.24) is 30.5 Å². The van der Waals surface area contributed by atoms with Crippen molar-refractivity contribution in [1.29, 1.82) is 0 Å². The minimum Gasteiger partial charge on any atom is -0.381 e. The number of carbonyl (C=O) groups is 1. The van der Waals surface area contributed by atoms with E-state index in [2.05, 4.69) is 31.1 Å². The van der Waals surface area contributed by atoms with E-state index in [1.54, 1.807) is 30.1 Å². The number of hydrogen-bond donors (Lipinski definition) is 2. The molecule has 0 atom stereocenters. The molecular weight excluding hydrogens is 350 g/mol. The maximum atomic E-state index is 12.7. The molecule has 1 saturated heterocycles. The number of nitrogens with one attached hydrogen (secondary N) is 2. The molecule has 0 aliphatic carbocycles. The summed E-state index contributed by atoms with van der Waals surface area (Å²) in [6.45, 7) is 2.75. The molecule has 1 fully saturated rings. The first-order valence-corrected chi connectivity index (χ1v) is 8.59. The van der Waals surface area contributed by atoms with Crippen LogP contribution < -0.4 is 10.6 Å². The first-order valence-electron chi connectivity index (χ1n) is 8.59. The molecule has 4 rings (SSSR count). The van der Waals surface area contributed by atoms with E-state index in [0.29, 0.717) is 43.5 Å². The van der Waals surface area contributed by atoms with Gasteiger partial charge in [-0.2, -0.15) is 4.98 Å². The van der Waals surface area contributed by atoms with E-state index in [-0.39, 0.29) is 6.03 Å². The summed E-state index contributed by atoms with van der Waals surface area (Å²) < 4.78 is 12.4. The van der Waals surface area contributed by atoms with Crippen molar-refractivity contribution in [2.75, 3.05) is 18.5 Å². The van der Waals surface area contributed by atoms with Crippen LogP contribution in [0.2, 0.25) is 0 Å². The summed E-state index contributed by atoms with van der Waals surface area (Å²) in [6.07, 6.45) is 4.43. The van der Waals surface area contributed by atoms with Crippen LogP contribution in [0.1, 0.15) is 24.6 Å². The lowest BCUT2D eigenvalue weighted by Gasteiger charge is -2.34. The lowest BCUT2D eigenvalue weighted by molar-refractivity contribution is 0.0285. The molecule has 2 aromatic heterocycles. The van der Waals surface area contributed by atoms with Gasteiger partial charge >= 0.3 is 6.03 Å². The standard InChI is InChI=1S/C17H19N7O3/c1-12-19-15(27-22-12)17(5-9-26-10-6-17)21-16(25)20-13-3-2-4-14(11-13)24-8-7-18-23-24/h2-4,7-8,11H,5-6,9-10H2,1H3,(H2,20,21,25). The van der Waals surface area contributed by atoms with Crippen molar-refractivity contribution in [3.63, 3.8) is 0 Å². The molecule has 1 aliphatic heterocycles. The molecular formula is C17H19N7O3. The number of urea groups is 1. The second kappa shape index (κ2) is 7.16. The second-order valence-electron chi connectivity index (χ2n) is 6.32. The monoisotopic (exact) mass is 369 g/mol. The normalized spacial score (nSPS) is 16.0. The zero-order chi connectivity index (χ0) is 18.7. The van der Waals surface area contributed by atoms with Crippen LogP contribution in [0.5, 0.6) is 0 Å². The van der Waals surface area contributed by atoms with Crippen molar-refractivity contribution in [3.8, 4) is 5.69 Å². The molecule has 0 bridgehead atoms. The van der Waals surface area contributed by atoms with Crippen LogP contribution in [-0.4, -0.2) is 44.4 Å². The van der Waals surface area contributed by atoms with Gasteiger partial charge < -0.3 is 19.9 Å². The molecule has 140 valence electrons. The van der Waals surface area contributed by atoms with E-state index in [4.69, 9.17) is 9.26 Å². The SMILES string of the molecule is Cc1noc(C2(NC(=O)Nc3cccc(-n4ccnn4)c3)CCOCC2)n1. The zero-order valence-electron chi connectivity index (χ0n) is 14.8. The van der Waals surface area contributed by atoms with Gasteiger partial charge in [0.05, 0.1) is 18.1 Å². The van der Waals surface area contributed by atoms with Crippen LogP contribution >= 0.6 is 0 Å². The number of anilines is 1. The lowest BCUT2D eigenvalue weighted by Crippen LogP contribution is -2.51. The first kappa shape index (κ1) is 17.2. The molecule has 1 aromatic carbocycles. The number of ether oxygens (including phenoxy) is 1. The van der Waals surface area contributed by atoms with Crippen molar-refractivity contribution in [3.05, 3.63) is 48.4 Å². The summed E-state index contributed by atoms with van der Waals surface area (Å²) in [4.78, 5) is 17.0. The highest BCUT2D eigenvalue weighted by Crippen LogP contribution is 2.31. The summed E-state index contributed by atoms with van der Waals surface area (Å²) in [5.41, 5.74) is 0.677. The second-order valence-corrected chi connectivity index (χ2v) is 6.32. The fourth-order valence-electron chi connectivity index (χ4n) is 3.06. The van der Waals surface area contributed by atoms with Crippen LogP contribution in [0.15, 0.2) is 41.2 Å². The summed E-state index contributed by atoms with van der Waals surface area (Å²) in [6, 6.07) is 6.95. The molecule has 3 heterocycles. The van der Waals surface area contributed by atoms with Crippen molar-refractivity contribution in [2.45, 2.75) is 25.3 Å². The molecule has 1 aliphatic rings. The van der Waals surface area contributed by atoms with E-state index >= 15 is 0 Å². The number of benzene rings is 1. The minimum atomic E-state index is -0.743. The average Bonchev–Trinajstić information content (AvgIpc) is 3.34. The van der Waals surface area contributed by atoms with E-state index in [0.717, 1.165) is 5.69 Å². The van der Waals surface area contributed by atoms with E-state index in [9.17, 15) is 4.79 Å². The zero-order valence-corrected chi connectivity index (χ0v) is 14.8. The quantitative estimate of drug-likeness (QED) is 0.719. The van der Waals surface area contributed by atoms with Crippen LogP contribution in [-0.2, 0) is 10.3 Å². The van der Waals surface area contributed by atoms with Crippen LogP contribution in [0.3, 0.4) is 0 Å². The predicted octanol–water partition coefficient (Wildman–Crippen LogP) is 1.79. The Bertz CT molecular complexity index is 916. The third-order valence-electron chi connectivity index (χ3n) is 4.43. The number of amides is 2. The highest BCUT2D eigenvalue weighted by atomic mass is 16.5. The molecule has 0 spiro atoms. The maximum absolute atomic E-state index is 12.7. The molecule has 10 heteroatoms. The van der Waals surface area contributed by atoms with Gasteiger partial charge in [-0.1, -0.05) is 16.4 Å². The summed E-state index contributed by atoms with van der Waals surface area (Å²) in [5, 5.41) is 17.4. The summed E-state index contributed by atoms with van der Waals surface area (Å²) in [5.74, 6) is 0.924. The van der Waals surface area contributed by atoms with Crippen LogP contribution in [0.25, 0.3) is 5.69 Å². The summed E-state index contributed by atoms with van der Waals surface area (Å²) >= 11 is 0. The molecule has 0 unspecified atom stereocenters. The summed E-state index contributed by atoms with van der Waals surface area (Å²) in [7, 11) is 0. The van der Waals surface area contributed by atoms with E-state index in [1.807, 2.05) is 18.2 Å². The fraction of sp³-hybridized carbons (Fsp3) is 0.353. The Morgan fingerprint density at radius 2 is 2.15 bits per heavy atom. The Labute approximate surface area is 154 Å². The molecule has 27 heavy (non-hydrogen) atoms. The largest absolute Gasteiger partial charge is 0.381 e. The molecule has 0 radical (unpaired) electrons. The number of carbonyl (C=O) groups excluding carboxylic acids is 1. The van der Waals surface area contributed by atoms with Gasteiger partial charge in [-0.05, 0) is 25.1 Å². The average molecular weight is 369 g/mol. The number of aromatic nitrogens is 5. The van der Waals surface area contributed by atoms with Crippen LogP contribution in [0, 0.1) is 6.92 Å². The Hall–Kier alpha value is -3.27. The molecule has 3 aromatic rings. The number of rotatable bonds is 4. The Morgan fingerprint density at radius 1 is 1.30 bits per heavy atom. The third kappa shape index (κ3) is 3.65. The predicted molar refractivity (Wildman–Crippen MR) is 94.3 cm³/mol. The van der Waals surface area contributed by atoms with Gasteiger partial charge in [0.2, 0.25) is 0 Å². The van der Waals surface area contributed by atoms with Gasteiger partial charge in [-0.25, -0.2) is 9.48 Å².